The van der Waals surface area contributed by atoms with E-state index >= 15 is 0 Å². The summed E-state index contributed by atoms with van der Waals surface area (Å²) in [4.78, 5) is 0. The number of aliphatic hydroxyl groups is 1. The highest BCUT2D eigenvalue weighted by atomic mass is 16.3. The minimum Gasteiger partial charge on any atom is -0.393 e. The molecule has 3 rings (SSSR count). The average Bonchev–Trinajstić information content (AvgIpc) is 3.02. The van der Waals surface area contributed by atoms with E-state index in [2.05, 4.69) is 10.6 Å². The van der Waals surface area contributed by atoms with Gasteiger partial charge in [0.25, 0.3) is 0 Å². The summed E-state index contributed by atoms with van der Waals surface area (Å²) in [5.41, 5.74) is 0. The van der Waals surface area contributed by atoms with Gasteiger partial charge in [-0.05, 0) is 63.8 Å². The highest BCUT2D eigenvalue weighted by Gasteiger charge is 2.36. The van der Waals surface area contributed by atoms with Crippen molar-refractivity contribution in [1.82, 2.24) is 10.6 Å². The maximum atomic E-state index is 9.57. The van der Waals surface area contributed by atoms with Crippen molar-refractivity contribution < 1.29 is 5.11 Å². The van der Waals surface area contributed by atoms with Crippen LogP contribution in [0.4, 0.5) is 0 Å². The predicted molar refractivity (Wildman–Crippen MR) is 73.6 cm³/mol. The summed E-state index contributed by atoms with van der Waals surface area (Å²) in [5, 5.41) is 17.2. The van der Waals surface area contributed by atoms with Crippen LogP contribution in [0.25, 0.3) is 0 Å². The average molecular weight is 252 g/mol. The summed E-state index contributed by atoms with van der Waals surface area (Å²) in [5.74, 6) is 0.861. The topological polar surface area (TPSA) is 44.3 Å². The summed E-state index contributed by atoms with van der Waals surface area (Å²) < 4.78 is 0. The van der Waals surface area contributed by atoms with Crippen LogP contribution in [0.1, 0.15) is 57.8 Å². The van der Waals surface area contributed by atoms with Crippen LogP contribution in [0.2, 0.25) is 0 Å². The first kappa shape index (κ1) is 12.9. The molecule has 3 fully saturated rings. The van der Waals surface area contributed by atoms with Gasteiger partial charge in [0.05, 0.1) is 6.10 Å². The first-order chi connectivity index (χ1) is 8.83. The second kappa shape index (κ2) is 5.89. The van der Waals surface area contributed by atoms with Gasteiger partial charge in [0, 0.05) is 18.1 Å². The maximum absolute atomic E-state index is 9.57. The Bertz CT molecular complexity index is 257. The number of hydrogen-bond donors (Lipinski definition) is 3. The Labute approximate surface area is 111 Å². The van der Waals surface area contributed by atoms with E-state index in [0.717, 1.165) is 30.8 Å². The molecule has 3 heteroatoms. The molecule has 0 aromatic carbocycles. The largest absolute Gasteiger partial charge is 0.393 e. The number of rotatable bonds is 3. The Morgan fingerprint density at radius 3 is 2.44 bits per heavy atom. The molecule has 104 valence electrons. The van der Waals surface area contributed by atoms with E-state index in [-0.39, 0.29) is 6.10 Å². The summed E-state index contributed by atoms with van der Waals surface area (Å²) in [7, 11) is 0. The first-order valence-corrected chi connectivity index (χ1v) is 8.00. The monoisotopic (exact) mass is 252 g/mol. The molecule has 0 aromatic heterocycles. The van der Waals surface area contributed by atoms with Crippen LogP contribution in [-0.2, 0) is 0 Å². The lowest BCUT2D eigenvalue weighted by Gasteiger charge is -2.33. The zero-order chi connectivity index (χ0) is 12.4. The van der Waals surface area contributed by atoms with Crippen LogP contribution >= 0.6 is 0 Å². The Morgan fingerprint density at radius 1 is 0.889 bits per heavy atom. The van der Waals surface area contributed by atoms with Crippen molar-refractivity contribution in [2.45, 2.75) is 82.0 Å². The second-order valence-corrected chi connectivity index (χ2v) is 6.58. The highest BCUT2D eigenvalue weighted by molar-refractivity contribution is 4.94. The van der Waals surface area contributed by atoms with Crippen molar-refractivity contribution in [3.8, 4) is 0 Å². The van der Waals surface area contributed by atoms with E-state index in [9.17, 15) is 5.11 Å². The van der Waals surface area contributed by atoms with Crippen molar-refractivity contribution in [1.29, 1.82) is 0 Å². The molecule has 3 unspecified atom stereocenters. The molecule has 0 spiro atoms. The van der Waals surface area contributed by atoms with Crippen LogP contribution in [0.15, 0.2) is 0 Å². The van der Waals surface area contributed by atoms with E-state index in [1.807, 2.05) is 0 Å². The summed E-state index contributed by atoms with van der Waals surface area (Å²) >= 11 is 0. The summed E-state index contributed by atoms with van der Waals surface area (Å²) in [6.07, 6.45) is 11.2. The van der Waals surface area contributed by atoms with Crippen molar-refractivity contribution >= 4 is 0 Å². The third kappa shape index (κ3) is 2.89. The van der Waals surface area contributed by atoms with Crippen molar-refractivity contribution in [3.05, 3.63) is 0 Å². The molecular formula is C15H28N2O. The summed E-state index contributed by atoms with van der Waals surface area (Å²) in [6.45, 7) is 1.23. The molecule has 3 N–H and O–H groups in total. The fraction of sp³-hybridized carbons (Fsp3) is 1.00. The molecule has 1 aliphatic heterocycles. The lowest BCUT2D eigenvalue weighted by Crippen LogP contribution is -2.47. The van der Waals surface area contributed by atoms with Crippen LogP contribution in [0.3, 0.4) is 0 Å². The Hall–Kier alpha value is -0.120. The molecule has 1 saturated heterocycles. The van der Waals surface area contributed by atoms with Crippen LogP contribution < -0.4 is 10.6 Å². The zero-order valence-electron chi connectivity index (χ0n) is 11.4. The van der Waals surface area contributed by atoms with Crippen molar-refractivity contribution in [2.75, 3.05) is 6.54 Å². The van der Waals surface area contributed by atoms with Crippen LogP contribution in [0, 0.1) is 5.92 Å². The van der Waals surface area contributed by atoms with Crippen molar-refractivity contribution in [3.63, 3.8) is 0 Å². The fourth-order valence-corrected chi connectivity index (χ4v) is 4.30. The highest BCUT2D eigenvalue weighted by Crippen LogP contribution is 2.33. The normalized spacial score (nSPS) is 45.5. The van der Waals surface area contributed by atoms with Gasteiger partial charge in [-0.15, -0.1) is 0 Å². The predicted octanol–water partition coefficient (Wildman–Crippen LogP) is 1.80. The molecule has 0 amide bonds. The Morgan fingerprint density at radius 2 is 1.72 bits per heavy atom. The molecule has 3 atom stereocenters. The zero-order valence-corrected chi connectivity index (χ0v) is 11.4. The molecule has 2 aliphatic carbocycles. The maximum Gasteiger partial charge on any atom is 0.0541 e. The van der Waals surface area contributed by atoms with Gasteiger partial charge in [-0.25, -0.2) is 0 Å². The minimum absolute atomic E-state index is 0.0288. The van der Waals surface area contributed by atoms with Gasteiger partial charge < -0.3 is 15.7 Å². The molecule has 1 heterocycles. The molecular weight excluding hydrogens is 224 g/mol. The lowest BCUT2D eigenvalue weighted by molar-refractivity contribution is 0.111. The van der Waals surface area contributed by atoms with Gasteiger partial charge in [0.2, 0.25) is 0 Å². The van der Waals surface area contributed by atoms with Gasteiger partial charge in [-0.2, -0.15) is 0 Å². The standard InChI is InChI=1S/C15H28N2O/c18-12-8-6-11(7-9-12)17-15-4-1-3-13(15)14-5-2-10-16-14/h11-18H,1-10H2. The second-order valence-electron chi connectivity index (χ2n) is 6.58. The van der Waals surface area contributed by atoms with E-state index < -0.39 is 0 Å². The van der Waals surface area contributed by atoms with Crippen molar-refractivity contribution in [2.24, 2.45) is 5.92 Å². The Balaban J connectivity index is 1.51. The molecule has 3 aliphatic rings. The summed E-state index contributed by atoms with van der Waals surface area (Å²) in [6, 6.07) is 2.18. The molecule has 0 radical (unpaired) electrons. The van der Waals surface area contributed by atoms with Gasteiger partial charge in [0.1, 0.15) is 0 Å². The molecule has 0 aromatic rings. The third-order valence-electron chi connectivity index (χ3n) is 5.33. The molecule has 18 heavy (non-hydrogen) atoms. The van der Waals surface area contributed by atoms with Gasteiger partial charge >= 0.3 is 0 Å². The SMILES string of the molecule is OC1CCC(NC2CCCC2C2CCCN2)CC1. The van der Waals surface area contributed by atoms with Gasteiger partial charge in [-0.1, -0.05) is 6.42 Å². The number of aliphatic hydroxyl groups excluding tert-OH is 1. The minimum atomic E-state index is -0.0288. The van der Waals surface area contributed by atoms with Crippen LogP contribution in [0.5, 0.6) is 0 Å². The first-order valence-electron chi connectivity index (χ1n) is 8.00. The van der Waals surface area contributed by atoms with Crippen LogP contribution in [-0.4, -0.2) is 35.9 Å². The molecule has 2 saturated carbocycles. The van der Waals surface area contributed by atoms with E-state index in [4.69, 9.17) is 0 Å². The van der Waals surface area contributed by atoms with Gasteiger partial charge in [-0.3, -0.25) is 0 Å². The molecule has 3 nitrogen and oxygen atoms in total. The smallest absolute Gasteiger partial charge is 0.0541 e. The van der Waals surface area contributed by atoms with E-state index in [1.54, 1.807) is 0 Å². The van der Waals surface area contributed by atoms with Gasteiger partial charge in [0.15, 0.2) is 0 Å². The third-order valence-corrected chi connectivity index (χ3v) is 5.33. The quantitative estimate of drug-likeness (QED) is 0.717. The van der Waals surface area contributed by atoms with E-state index in [1.165, 1.54) is 51.5 Å². The van der Waals surface area contributed by atoms with E-state index in [0.29, 0.717) is 6.04 Å². The fourth-order valence-electron chi connectivity index (χ4n) is 4.30. The molecule has 0 bridgehead atoms. The Kier molecular flexibility index (Phi) is 4.22. The lowest BCUT2D eigenvalue weighted by atomic mass is 9.89. The number of nitrogens with one attached hydrogen (secondary N) is 2. The number of hydrogen-bond acceptors (Lipinski definition) is 3.